The molecule has 2 aromatic rings. The van der Waals surface area contributed by atoms with Crippen LogP contribution in [-0.4, -0.2) is 18.7 Å². The maximum absolute atomic E-state index is 12.2. The number of carbonyl (C=O) groups is 1. The molecule has 4 nitrogen and oxygen atoms in total. The number of fused-ring (bicyclic) bond motifs is 1. The van der Waals surface area contributed by atoms with Crippen molar-refractivity contribution in [2.75, 3.05) is 12.3 Å². The van der Waals surface area contributed by atoms with Gasteiger partial charge in [-0.3, -0.25) is 0 Å². The van der Waals surface area contributed by atoms with E-state index in [2.05, 4.69) is 0 Å². The second-order valence-corrected chi connectivity index (χ2v) is 5.19. The third kappa shape index (κ3) is 2.70. The summed E-state index contributed by atoms with van der Waals surface area (Å²) in [6.45, 7) is 2.07. The van der Waals surface area contributed by atoms with E-state index in [0.29, 0.717) is 11.3 Å². The van der Waals surface area contributed by atoms with Crippen LogP contribution < -0.4 is 10.5 Å². The van der Waals surface area contributed by atoms with Crippen LogP contribution in [0.5, 0.6) is 5.75 Å². The lowest BCUT2D eigenvalue weighted by Crippen LogP contribution is -2.23. The van der Waals surface area contributed by atoms with Gasteiger partial charge in [0.15, 0.2) is 0 Å². The fraction of sp³-hybridized carbons (Fsp3) is 0.235. The lowest BCUT2D eigenvalue weighted by molar-refractivity contribution is 0.0347. The SMILES string of the molecule is Cc1cccc(N)c1C(=O)OCC1Cc2ccccc2O1. The molecule has 1 aliphatic rings. The van der Waals surface area contributed by atoms with Crippen LogP contribution in [0.4, 0.5) is 5.69 Å². The molecule has 0 bridgehead atoms. The molecule has 0 spiro atoms. The summed E-state index contributed by atoms with van der Waals surface area (Å²) in [5, 5.41) is 0. The number of aryl methyl sites for hydroxylation is 1. The molecule has 0 fully saturated rings. The highest BCUT2D eigenvalue weighted by atomic mass is 16.6. The number of anilines is 1. The third-order valence-corrected chi connectivity index (χ3v) is 3.62. The third-order valence-electron chi connectivity index (χ3n) is 3.62. The first-order chi connectivity index (χ1) is 10.1. The molecule has 0 saturated heterocycles. The van der Waals surface area contributed by atoms with E-state index in [9.17, 15) is 4.79 Å². The highest BCUT2D eigenvalue weighted by molar-refractivity contribution is 5.96. The summed E-state index contributed by atoms with van der Waals surface area (Å²) in [6.07, 6.45) is 0.628. The monoisotopic (exact) mass is 283 g/mol. The maximum Gasteiger partial charge on any atom is 0.340 e. The number of nitrogens with two attached hydrogens (primary N) is 1. The van der Waals surface area contributed by atoms with Gasteiger partial charge in [-0.25, -0.2) is 4.79 Å². The van der Waals surface area contributed by atoms with E-state index in [-0.39, 0.29) is 12.7 Å². The number of ether oxygens (including phenoxy) is 2. The van der Waals surface area contributed by atoms with Crippen LogP contribution in [0.1, 0.15) is 21.5 Å². The van der Waals surface area contributed by atoms with Crippen LogP contribution >= 0.6 is 0 Å². The molecule has 1 unspecified atom stereocenters. The van der Waals surface area contributed by atoms with Gasteiger partial charge in [0.2, 0.25) is 0 Å². The van der Waals surface area contributed by atoms with Crippen molar-refractivity contribution >= 4 is 11.7 Å². The molecule has 1 heterocycles. The van der Waals surface area contributed by atoms with Crippen molar-refractivity contribution < 1.29 is 14.3 Å². The summed E-state index contributed by atoms with van der Waals surface area (Å²) in [4.78, 5) is 12.2. The van der Waals surface area contributed by atoms with Crippen molar-refractivity contribution in [2.24, 2.45) is 0 Å². The van der Waals surface area contributed by atoms with Gasteiger partial charge in [0, 0.05) is 12.1 Å². The maximum atomic E-state index is 12.2. The van der Waals surface area contributed by atoms with Gasteiger partial charge < -0.3 is 15.2 Å². The van der Waals surface area contributed by atoms with Crippen LogP contribution in [-0.2, 0) is 11.2 Å². The quantitative estimate of drug-likeness (QED) is 0.695. The largest absolute Gasteiger partial charge is 0.486 e. The summed E-state index contributed by atoms with van der Waals surface area (Å²) in [5.74, 6) is 0.471. The highest BCUT2D eigenvalue weighted by Gasteiger charge is 2.24. The predicted molar refractivity (Wildman–Crippen MR) is 80.4 cm³/mol. The van der Waals surface area contributed by atoms with E-state index < -0.39 is 5.97 Å². The van der Waals surface area contributed by atoms with Gasteiger partial charge in [-0.15, -0.1) is 0 Å². The molecule has 1 atom stereocenters. The fourth-order valence-electron chi connectivity index (χ4n) is 2.56. The first-order valence-electron chi connectivity index (χ1n) is 6.92. The summed E-state index contributed by atoms with van der Waals surface area (Å²) >= 11 is 0. The van der Waals surface area contributed by atoms with Crippen LogP contribution in [0.25, 0.3) is 0 Å². The average Bonchev–Trinajstić information content (AvgIpc) is 2.87. The van der Waals surface area contributed by atoms with Crippen molar-refractivity contribution in [1.29, 1.82) is 0 Å². The minimum atomic E-state index is -0.398. The number of rotatable bonds is 3. The Balaban J connectivity index is 1.63. The zero-order valence-corrected chi connectivity index (χ0v) is 11.8. The predicted octanol–water partition coefficient (Wildman–Crippen LogP) is 2.74. The number of nitrogen functional groups attached to an aromatic ring is 1. The minimum absolute atomic E-state index is 0.128. The number of hydrogen-bond donors (Lipinski definition) is 1. The van der Waals surface area contributed by atoms with Crippen LogP contribution in [0.15, 0.2) is 42.5 Å². The molecular formula is C17H17NO3. The molecule has 0 aromatic heterocycles. The van der Waals surface area contributed by atoms with Gasteiger partial charge in [-0.05, 0) is 30.2 Å². The van der Waals surface area contributed by atoms with Gasteiger partial charge in [-0.1, -0.05) is 30.3 Å². The average molecular weight is 283 g/mol. The summed E-state index contributed by atoms with van der Waals surface area (Å²) in [5.41, 5.74) is 8.68. The lowest BCUT2D eigenvalue weighted by atomic mass is 10.1. The molecule has 108 valence electrons. The normalized spacial score (nSPS) is 16.1. The Morgan fingerprint density at radius 3 is 2.86 bits per heavy atom. The Bertz CT molecular complexity index is 636. The number of para-hydroxylation sites is 1. The minimum Gasteiger partial charge on any atom is -0.486 e. The number of carbonyl (C=O) groups excluding carboxylic acids is 1. The Kier molecular flexibility index (Phi) is 3.52. The van der Waals surface area contributed by atoms with Gasteiger partial charge in [0.25, 0.3) is 0 Å². The number of esters is 1. The van der Waals surface area contributed by atoms with E-state index in [4.69, 9.17) is 15.2 Å². The Hall–Kier alpha value is -2.49. The molecule has 21 heavy (non-hydrogen) atoms. The molecule has 0 amide bonds. The number of benzene rings is 2. The number of hydrogen-bond acceptors (Lipinski definition) is 4. The summed E-state index contributed by atoms with van der Waals surface area (Å²) < 4.78 is 11.1. The van der Waals surface area contributed by atoms with Crippen molar-refractivity contribution in [2.45, 2.75) is 19.4 Å². The Labute approximate surface area is 123 Å². The van der Waals surface area contributed by atoms with E-state index in [1.165, 1.54) is 0 Å². The van der Waals surface area contributed by atoms with Crippen molar-refractivity contribution in [3.05, 3.63) is 59.2 Å². The van der Waals surface area contributed by atoms with Crippen LogP contribution in [0.2, 0.25) is 0 Å². The topological polar surface area (TPSA) is 61.6 Å². The highest BCUT2D eigenvalue weighted by Crippen LogP contribution is 2.28. The Morgan fingerprint density at radius 2 is 2.10 bits per heavy atom. The zero-order chi connectivity index (χ0) is 14.8. The molecular weight excluding hydrogens is 266 g/mol. The Morgan fingerprint density at radius 1 is 1.29 bits per heavy atom. The molecule has 4 heteroatoms. The summed E-state index contributed by atoms with van der Waals surface area (Å²) in [7, 11) is 0. The van der Waals surface area contributed by atoms with E-state index in [1.54, 1.807) is 6.07 Å². The molecule has 0 saturated carbocycles. The first-order valence-corrected chi connectivity index (χ1v) is 6.92. The molecule has 0 aliphatic carbocycles. The van der Waals surface area contributed by atoms with E-state index in [1.807, 2.05) is 43.3 Å². The lowest BCUT2D eigenvalue weighted by Gasteiger charge is -2.13. The van der Waals surface area contributed by atoms with Crippen LogP contribution in [0, 0.1) is 6.92 Å². The summed E-state index contributed by atoms with van der Waals surface area (Å²) in [6, 6.07) is 13.2. The van der Waals surface area contributed by atoms with E-state index >= 15 is 0 Å². The van der Waals surface area contributed by atoms with E-state index in [0.717, 1.165) is 23.3 Å². The second kappa shape index (κ2) is 5.48. The molecule has 0 radical (unpaired) electrons. The van der Waals surface area contributed by atoms with Gasteiger partial charge in [-0.2, -0.15) is 0 Å². The van der Waals surface area contributed by atoms with Gasteiger partial charge in [0.1, 0.15) is 18.5 Å². The van der Waals surface area contributed by atoms with Crippen molar-refractivity contribution in [1.82, 2.24) is 0 Å². The van der Waals surface area contributed by atoms with Crippen molar-refractivity contribution in [3.63, 3.8) is 0 Å². The fourth-order valence-corrected chi connectivity index (χ4v) is 2.56. The van der Waals surface area contributed by atoms with Gasteiger partial charge >= 0.3 is 5.97 Å². The van der Waals surface area contributed by atoms with Crippen molar-refractivity contribution in [3.8, 4) is 5.75 Å². The van der Waals surface area contributed by atoms with Gasteiger partial charge in [0.05, 0.1) is 5.56 Å². The zero-order valence-electron chi connectivity index (χ0n) is 11.8. The standard InChI is InChI=1S/C17H17NO3/c1-11-5-4-7-14(18)16(11)17(19)20-10-13-9-12-6-2-3-8-15(12)21-13/h2-8,13H,9-10,18H2,1H3. The first kappa shape index (κ1) is 13.5. The molecule has 3 rings (SSSR count). The molecule has 2 aromatic carbocycles. The smallest absolute Gasteiger partial charge is 0.340 e. The second-order valence-electron chi connectivity index (χ2n) is 5.19. The molecule has 1 aliphatic heterocycles. The van der Waals surface area contributed by atoms with Crippen LogP contribution in [0.3, 0.4) is 0 Å². The molecule has 2 N–H and O–H groups in total.